The Kier molecular flexibility index (Phi) is 5.06. The van der Waals surface area contributed by atoms with E-state index in [2.05, 4.69) is 6.58 Å². The van der Waals surface area contributed by atoms with Gasteiger partial charge in [-0.1, -0.05) is 30.4 Å². The lowest BCUT2D eigenvalue weighted by molar-refractivity contribution is -0.133. The van der Waals surface area contributed by atoms with Crippen molar-refractivity contribution in [1.29, 1.82) is 0 Å². The van der Waals surface area contributed by atoms with Crippen LogP contribution in [0.4, 0.5) is 0 Å². The van der Waals surface area contributed by atoms with E-state index in [1.165, 1.54) is 14.2 Å². The standard InChI is InChI=1S/C15H16O4/c1-10(2)9-13(15(17)19-4)11-7-5-6-8-12(11)14(16)18-3/h5-9H,1H2,2-4H3. The van der Waals surface area contributed by atoms with Gasteiger partial charge in [-0.05, 0) is 19.1 Å². The van der Waals surface area contributed by atoms with Gasteiger partial charge in [0.15, 0.2) is 0 Å². The summed E-state index contributed by atoms with van der Waals surface area (Å²) in [6, 6.07) is 6.69. The maximum atomic E-state index is 11.8. The summed E-state index contributed by atoms with van der Waals surface area (Å²) in [7, 11) is 2.58. The molecule has 0 aliphatic heterocycles. The molecule has 4 heteroatoms. The number of ether oxygens (including phenoxy) is 2. The largest absolute Gasteiger partial charge is 0.465 e. The SMILES string of the molecule is C=C(C)C=C(C(=O)OC)c1ccccc1C(=O)OC. The van der Waals surface area contributed by atoms with Gasteiger partial charge in [0, 0.05) is 5.56 Å². The van der Waals surface area contributed by atoms with Crippen LogP contribution in [0, 0.1) is 0 Å². The van der Waals surface area contributed by atoms with Crippen molar-refractivity contribution in [3.63, 3.8) is 0 Å². The zero-order valence-electron chi connectivity index (χ0n) is 11.2. The Morgan fingerprint density at radius 1 is 1.11 bits per heavy atom. The maximum Gasteiger partial charge on any atom is 0.338 e. The normalized spacial score (nSPS) is 10.8. The molecule has 19 heavy (non-hydrogen) atoms. The highest BCUT2D eigenvalue weighted by atomic mass is 16.5. The molecule has 0 radical (unpaired) electrons. The molecular weight excluding hydrogens is 244 g/mol. The fourth-order valence-corrected chi connectivity index (χ4v) is 1.61. The van der Waals surface area contributed by atoms with E-state index in [9.17, 15) is 9.59 Å². The molecule has 1 aromatic carbocycles. The van der Waals surface area contributed by atoms with Gasteiger partial charge in [0.2, 0.25) is 0 Å². The predicted molar refractivity (Wildman–Crippen MR) is 72.6 cm³/mol. The summed E-state index contributed by atoms with van der Waals surface area (Å²) in [5.74, 6) is -1.04. The fraction of sp³-hybridized carbons (Fsp3) is 0.200. The van der Waals surface area contributed by atoms with Crippen LogP contribution >= 0.6 is 0 Å². The molecule has 1 rings (SSSR count). The van der Waals surface area contributed by atoms with Crippen LogP contribution in [0.5, 0.6) is 0 Å². The number of hydrogen-bond donors (Lipinski definition) is 0. The van der Waals surface area contributed by atoms with Crippen molar-refractivity contribution < 1.29 is 19.1 Å². The van der Waals surface area contributed by atoms with Crippen molar-refractivity contribution in [2.75, 3.05) is 14.2 Å². The van der Waals surface area contributed by atoms with Crippen molar-refractivity contribution >= 4 is 17.5 Å². The van der Waals surface area contributed by atoms with Gasteiger partial charge in [-0.3, -0.25) is 0 Å². The first-order chi connectivity index (χ1) is 9.01. The molecular formula is C15H16O4. The summed E-state index contributed by atoms with van der Waals surface area (Å²) < 4.78 is 9.44. The first-order valence-electron chi connectivity index (χ1n) is 5.64. The number of carbonyl (C=O) groups excluding carboxylic acids is 2. The van der Waals surface area contributed by atoms with E-state index in [4.69, 9.17) is 9.47 Å². The quantitative estimate of drug-likeness (QED) is 0.474. The molecule has 0 heterocycles. The molecule has 0 unspecified atom stereocenters. The molecule has 0 bridgehead atoms. The predicted octanol–water partition coefficient (Wildman–Crippen LogP) is 2.61. The first-order valence-corrected chi connectivity index (χ1v) is 5.64. The van der Waals surface area contributed by atoms with Gasteiger partial charge in [-0.25, -0.2) is 9.59 Å². The van der Waals surface area contributed by atoms with E-state index < -0.39 is 11.9 Å². The van der Waals surface area contributed by atoms with Crippen LogP contribution in [-0.2, 0) is 14.3 Å². The van der Waals surface area contributed by atoms with Crippen LogP contribution in [-0.4, -0.2) is 26.2 Å². The average Bonchev–Trinajstić information content (AvgIpc) is 2.43. The number of methoxy groups -OCH3 is 2. The molecule has 100 valence electrons. The number of allylic oxidation sites excluding steroid dienone is 2. The highest BCUT2D eigenvalue weighted by Gasteiger charge is 2.19. The van der Waals surface area contributed by atoms with Gasteiger partial charge in [0.25, 0.3) is 0 Å². The zero-order chi connectivity index (χ0) is 14.4. The molecule has 1 aromatic rings. The van der Waals surface area contributed by atoms with Crippen LogP contribution in [0.3, 0.4) is 0 Å². The van der Waals surface area contributed by atoms with Gasteiger partial charge in [0.1, 0.15) is 0 Å². The van der Waals surface area contributed by atoms with Crippen molar-refractivity contribution in [2.45, 2.75) is 6.92 Å². The van der Waals surface area contributed by atoms with E-state index in [-0.39, 0.29) is 5.57 Å². The number of esters is 2. The average molecular weight is 260 g/mol. The van der Waals surface area contributed by atoms with Gasteiger partial charge < -0.3 is 9.47 Å². The highest BCUT2D eigenvalue weighted by Crippen LogP contribution is 2.22. The van der Waals surface area contributed by atoms with E-state index in [1.807, 2.05) is 0 Å². The van der Waals surface area contributed by atoms with Crippen molar-refractivity contribution in [2.24, 2.45) is 0 Å². The molecule has 0 spiro atoms. The molecule has 0 aliphatic carbocycles. The molecule has 0 atom stereocenters. The topological polar surface area (TPSA) is 52.6 Å². The molecule has 0 amide bonds. The minimum absolute atomic E-state index is 0.274. The van der Waals surface area contributed by atoms with Gasteiger partial charge in [-0.15, -0.1) is 0 Å². The molecule has 0 saturated carbocycles. The summed E-state index contributed by atoms with van der Waals surface area (Å²) >= 11 is 0. The Balaban J connectivity index is 3.43. The van der Waals surface area contributed by atoms with Crippen molar-refractivity contribution in [3.8, 4) is 0 Å². The molecule has 0 aromatic heterocycles. The monoisotopic (exact) mass is 260 g/mol. The third-order valence-corrected chi connectivity index (χ3v) is 2.42. The second-order valence-electron chi connectivity index (χ2n) is 3.93. The van der Waals surface area contributed by atoms with Crippen LogP contribution in [0.25, 0.3) is 5.57 Å². The summed E-state index contributed by atoms with van der Waals surface area (Å²) in [5.41, 5.74) is 1.73. The Labute approximate surface area is 112 Å². The first kappa shape index (κ1) is 14.7. The third kappa shape index (κ3) is 3.55. The summed E-state index contributed by atoms with van der Waals surface area (Å²) in [6.45, 7) is 5.49. The minimum Gasteiger partial charge on any atom is -0.465 e. The summed E-state index contributed by atoms with van der Waals surface area (Å²) in [5, 5.41) is 0. The molecule has 0 fully saturated rings. The fourth-order valence-electron chi connectivity index (χ4n) is 1.61. The lowest BCUT2D eigenvalue weighted by atomic mass is 9.98. The van der Waals surface area contributed by atoms with Gasteiger partial charge >= 0.3 is 11.9 Å². The van der Waals surface area contributed by atoms with Gasteiger partial charge in [0.05, 0.1) is 25.4 Å². The van der Waals surface area contributed by atoms with Crippen LogP contribution in [0.2, 0.25) is 0 Å². The molecule has 0 N–H and O–H groups in total. The molecule has 0 aliphatic rings. The van der Waals surface area contributed by atoms with E-state index in [0.717, 1.165) is 0 Å². The Morgan fingerprint density at radius 2 is 1.68 bits per heavy atom. The second-order valence-corrected chi connectivity index (χ2v) is 3.93. The van der Waals surface area contributed by atoms with Crippen molar-refractivity contribution in [1.82, 2.24) is 0 Å². The summed E-state index contributed by atoms with van der Waals surface area (Å²) in [4.78, 5) is 23.5. The van der Waals surface area contributed by atoms with Crippen LogP contribution in [0.15, 0.2) is 42.5 Å². The number of hydrogen-bond acceptors (Lipinski definition) is 4. The zero-order valence-corrected chi connectivity index (χ0v) is 11.2. The van der Waals surface area contributed by atoms with E-state index in [1.54, 1.807) is 37.3 Å². The Hall–Kier alpha value is -2.36. The highest BCUT2D eigenvalue weighted by molar-refractivity contribution is 6.19. The smallest absolute Gasteiger partial charge is 0.338 e. The van der Waals surface area contributed by atoms with Crippen LogP contribution < -0.4 is 0 Å². The van der Waals surface area contributed by atoms with Crippen molar-refractivity contribution in [3.05, 3.63) is 53.6 Å². The van der Waals surface area contributed by atoms with Crippen LogP contribution in [0.1, 0.15) is 22.8 Å². The molecule has 0 saturated heterocycles. The second kappa shape index (κ2) is 6.54. The Bertz CT molecular complexity index is 541. The lowest BCUT2D eigenvalue weighted by Gasteiger charge is -2.10. The van der Waals surface area contributed by atoms with Gasteiger partial charge in [-0.2, -0.15) is 0 Å². The molecule has 4 nitrogen and oxygen atoms in total. The third-order valence-electron chi connectivity index (χ3n) is 2.42. The van der Waals surface area contributed by atoms with E-state index in [0.29, 0.717) is 16.7 Å². The number of rotatable bonds is 4. The Morgan fingerprint density at radius 3 is 2.16 bits per heavy atom. The summed E-state index contributed by atoms with van der Waals surface area (Å²) in [6.07, 6.45) is 1.58. The lowest BCUT2D eigenvalue weighted by Crippen LogP contribution is -2.10. The number of carbonyl (C=O) groups is 2. The maximum absolute atomic E-state index is 11.8. The minimum atomic E-state index is -0.528. The number of benzene rings is 1. The van der Waals surface area contributed by atoms with E-state index >= 15 is 0 Å².